The molecule has 2 aromatic rings. The second kappa shape index (κ2) is 6.22. The van der Waals surface area contributed by atoms with Gasteiger partial charge < -0.3 is 15.1 Å². The van der Waals surface area contributed by atoms with Gasteiger partial charge in [0, 0.05) is 7.05 Å². The Kier molecular flexibility index (Phi) is 4.36. The van der Waals surface area contributed by atoms with Gasteiger partial charge in [0.15, 0.2) is 5.54 Å². The number of hydrogen-bond acceptors (Lipinski definition) is 4. The average molecular weight is 381 g/mol. The van der Waals surface area contributed by atoms with Gasteiger partial charge in [-0.25, -0.2) is 9.69 Å². The molecule has 1 atom stereocenters. The predicted molar refractivity (Wildman–Crippen MR) is 94.0 cm³/mol. The van der Waals surface area contributed by atoms with Crippen LogP contribution in [0.25, 0.3) is 0 Å². The summed E-state index contributed by atoms with van der Waals surface area (Å²) in [7, 11) is 1.43. The van der Waals surface area contributed by atoms with Crippen LogP contribution in [0.2, 0.25) is 10.0 Å². The Morgan fingerprint density at radius 1 is 1.04 bits per heavy atom. The molecule has 0 bridgehead atoms. The highest BCUT2D eigenvalue weighted by Crippen LogP contribution is 2.40. The third-order valence-corrected chi connectivity index (χ3v) is 5.08. The molecule has 1 fully saturated rings. The summed E-state index contributed by atoms with van der Waals surface area (Å²) in [6.07, 6.45) is 0. The number of aliphatic hydroxyl groups is 1. The van der Waals surface area contributed by atoms with E-state index in [1.807, 2.05) is 0 Å². The van der Waals surface area contributed by atoms with Crippen molar-refractivity contribution in [3.8, 4) is 5.75 Å². The van der Waals surface area contributed by atoms with Crippen LogP contribution in [-0.2, 0) is 10.3 Å². The van der Waals surface area contributed by atoms with Gasteiger partial charge in [-0.3, -0.25) is 4.79 Å². The Balaban J connectivity index is 2.13. The first-order valence-electron chi connectivity index (χ1n) is 7.30. The number of aromatic hydroxyl groups is 1. The number of phenols is 1. The number of rotatable bonds is 3. The van der Waals surface area contributed by atoms with Gasteiger partial charge in [-0.1, -0.05) is 35.3 Å². The van der Waals surface area contributed by atoms with E-state index < -0.39 is 24.1 Å². The molecular weight excluding hydrogens is 367 g/mol. The monoisotopic (exact) mass is 380 g/mol. The van der Waals surface area contributed by atoms with Crippen molar-refractivity contribution in [2.45, 2.75) is 5.54 Å². The van der Waals surface area contributed by atoms with Crippen LogP contribution in [0.4, 0.5) is 10.5 Å². The van der Waals surface area contributed by atoms with E-state index >= 15 is 0 Å². The van der Waals surface area contributed by atoms with Crippen LogP contribution in [-0.4, -0.2) is 40.7 Å². The Hall–Kier alpha value is -2.28. The average Bonchev–Trinajstić information content (AvgIpc) is 2.79. The molecule has 3 amide bonds. The van der Waals surface area contributed by atoms with Gasteiger partial charge in [0.05, 0.1) is 22.3 Å². The van der Waals surface area contributed by atoms with Gasteiger partial charge in [0.2, 0.25) is 0 Å². The Bertz CT molecular complexity index is 856. The van der Waals surface area contributed by atoms with Crippen molar-refractivity contribution in [2.75, 3.05) is 18.6 Å². The number of halogens is 2. The quantitative estimate of drug-likeness (QED) is 0.801. The second-order valence-electron chi connectivity index (χ2n) is 5.65. The molecule has 6 nitrogen and oxygen atoms in total. The van der Waals surface area contributed by atoms with Crippen molar-refractivity contribution in [3.63, 3.8) is 0 Å². The third kappa shape index (κ3) is 2.54. The molecule has 3 rings (SSSR count). The van der Waals surface area contributed by atoms with Crippen LogP contribution in [0.5, 0.6) is 5.75 Å². The fraction of sp³-hybridized carbons (Fsp3) is 0.176. The molecule has 0 spiro atoms. The molecule has 1 aliphatic rings. The number of amides is 3. The van der Waals surface area contributed by atoms with Crippen molar-refractivity contribution in [1.82, 2.24) is 4.90 Å². The standard InChI is InChI=1S/C17H14Cl2N2O4/c1-20-16(25)21(11-4-7-13(18)14(19)8-11)15(24)17(20,9-22)10-2-5-12(23)6-3-10/h2-8,22-23H,9H2,1H3. The fourth-order valence-corrected chi connectivity index (χ4v) is 3.19. The molecule has 130 valence electrons. The molecular formula is C17H14Cl2N2O4. The van der Waals surface area contributed by atoms with Crippen LogP contribution in [0.15, 0.2) is 42.5 Å². The summed E-state index contributed by atoms with van der Waals surface area (Å²) in [5, 5.41) is 20.0. The number of hydrogen-bond donors (Lipinski definition) is 2. The van der Waals surface area contributed by atoms with E-state index in [0.717, 1.165) is 4.90 Å². The highest BCUT2D eigenvalue weighted by atomic mass is 35.5. The first-order valence-corrected chi connectivity index (χ1v) is 8.06. The number of nitrogens with zero attached hydrogens (tertiary/aromatic N) is 2. The maximum atomic E-state index is 13.1. The summed E-state index contributed by atoms with van der Waals surface area (Å²) >= 11 is 11.9. The van der Waals surface area contributed by atoms with E-state index in [9.17, 15) is 19.8 Å². The lowest BCUT2D eigenvalue weighted by molar-refractivity contribution is -0.127. The first-order chi connectivity index (χ1) is 11.8. The number of urea groups is 1. The van der Waals surface area contributed by atoms with Crippen LogP contribution < -0.4 is 4.90 Å². The maximum absolute atomic E-state index is 13.1. The molecule has 8 heteroatoms. The minimum Gasteiger partial charge on any atom is -0.508 e. The lowest BCUT2D eigenvalue weighted by Crippen LogP contribution is -2.48. The number of likely N-dealkylation sites (N-methyl/N-ethyl adjacent to an activating group) is 1. The Morgan fingerprint density at radius 3 is 2.24 bits per heavy atom. The highest BCUT2D eigenvalue weighted by Gasteiger charge is 2.57. The third-order valence-electron chi connectivity index (χ3n) is 4.34. The van der Waals surface area contributed by atoms with Crippen molar-refractivity contribution < 1.29 is 19.8 Å². The zero-order valence-electron chi connectivity index (χ0n) is 13.1. The van der Waals surface area contributed by atoms with Gasteiger partial charge in [-0.2, -0.15) is 0 Å². The number of imide groups is 1. The Morgan fingerprint density at radius 2 is 1.68 bits per heavy atom. The van der Waals surface area contributed by atoms with Crippen LogP contribution in [0.3, 0.4) is 0 Å². The molecule has 0 radical (unpaired) electrons. The van der Waals surface area contributed by atoms with E-state index in [1.54, 1.807) is 0 Å². The van der Waals surface area contributed by atoms with Crippen LogP contribution in [0, 0.1) is 0 Å². The molecule has 0 aromatic heterocycles. The van der Waals surface area contributed by atoms with Crippen molar-refractivity contribution >= 4 is 40.8 Å². The Labute approximate surface area is 153 Å². The van der Waals surface area contributed by atoms with E-state index in [1.165, 1.54) is 54.4 Å². The number of benzene rings is 2. The molecule has 1 saturated heterocycles. The molecule has 2 N–H and O–H groups in total. The topological polar surface area (TPSA) is 81.1 Å². The molecule has 0 aliphatic carbocycles. The number of phenolic OH excluding ortho intramolecular Hbond substituents is 1. The lowest BCUT2D eigenvalue weighted by Gasteiger charge is -2.31. The molecule has 1 aliphatic heterocycles. The number of aliphatic hydroxyl groups excluding tert-OH is 1. The molecule has 25 heavy (non-hydrogen) atoms. The van der Waals surface area contributed by atoms with Crippen LogP contribution in [0.1, 0.15) is 5.56 Å². The first kappa shape index (κ1) is 17.5. The zero-order valence-corrected chi connectivity index (χ0v) is 14.6. The molecule has 0 saturated carbocycles. The minimum atomic E-state index is -1.59. The number of anilines is 1. The summed E-state index contributed by atoms with van der Waals surface area (Å²) in [5.41, 5.74) is -0.946. The van der Waals surface area contributed by atoms with E-state index in [2.05, 4.69) is 0 Å². The van der Waals surface area contributed by atoms with Gasteiger partial charge in [0.25, 0.3) is 5.91 Å². The maximum Gasteiger partial charge on any atom is 0.332 e. The highest BCUT2D eigenvalue weighted by molar-refractivity contribution is 6.42. The molecule has 2 aromatic carbocycles. The van der Waals surface area contributed by atoms with E-state index in [4.69, 9.17) is 23.2 Å². The van der Waals surface area contributed by atoms with Gasteiger partial charge in [-0.15, -0.1) is 0 Å². The van der Waals surface area contributed by atoms with Gasteiger partial charge in [0.1, 0.15) is 5.75 Å². The summed E-state index contributed by atoms with van der Waals surface area (Å²) < 4.78 is 0. The lowest BCUT2D eigenvalue weighted by atomic mass is 9.89. The summed E-state index contributed by atoms with van der Waals surface area (Å²) in [5.74, 6) is -0.607. The molecule has 1 heterocycles. The summed E-state index contributed by atoms with van der Waals surface area (Å²) in [6.45, 7) is -0.614. The molecule has 1 unspecified atom stereocenters. The van der Waals surface area contributed by atoms with E-state index in [0.29, 0.717) is 10.6 Å². The SMILES string of the molecule is CN1C(=O)N(c2ccc(Cl)c(Cl)c2)C(=O)C1(CO)c1ccc(O)cc1. The predicted octanol–water partition coefficient (Wildman–Crippen LogP) is 2.99. The smallest absolute Gasteiger partial charge is 0.332 e. The van der Waals surface area contributed by atoms with Gasteiger partial charge in [-0.05, 0) is 35.9 Å². The van der Waals surface area contributed by atoms with Crippen molar-refractivity contribution in [2.24, 2.45) is 0 Å². The van der Waals surface area contributed by atoms with Crippen LogP contribution >= 0.6 is 23.2 Å². The second-order valence-corrected chi connectivity index (χ2v) is 6.46. The largest absolute Gasteiger partial charge is 0.508 e. The normalized spacial score (nSPS) is 20.5. The fourth-order valence-electron chi connectivity index (χ4n) is 2.90. The van der Waals surface area contributed by atoms with Crippen molar-refractivity contribution in [3.05, 3.63) is 58.1 Å². The minimum absolute atomic E-state index is 0.0117. The summed E-state index contributed by atoms with van der Waals surface area (Å²) in [6, 6.07) is 9.56. The van der Waals surface area contributed by atoms with Crippen molar-refractivity contribution in [1.29, 1.82) is 0 Å². The summed E-state index contributed by atoms with van der Waals surface area (Å²) in [4.78, 5) is 28.0. The van der Waals surface area contributed by atoms with Gasteiger partial charge >= 0.3 is 6.03 Å². The number of carbonyl (C=O) groups is 2. The van der Waals surface area contributed by atoms with E-state index in [-0.39, 0.29) is 16.5 Å². The number of carbonyl (C=O) groups excluding carboxylic acids is 2. The zero-order chi connectivity index (χ0) is 18.4.